The lowest BCUT2D eigenvalue weighted by atomic mass is 10.1. The van der Waals surface area contributed by atoms with Crippen molar-refractivity contribution in [2.75, 3.05) is 6.54 Å². The van der Waals surface area contributed by atoms with Crippen LogP contribution >= 0.6 is 11.3 Å². The molecule has 0 saturated carbocycles. The summed E-state index contributed by atoms with van der Waals surface area (Å²) in [5, 5.41) is 4.66. The van der Waals surface area contributed by atoms with Crippen LogP contribution in [0.1, 0.15) is 35.1 Å². The van der Waals surface area contributed by atoms with E-state index in [0.29, 0.717) is 6.04 Å². The van der Waals surface area contributed by atoms with E-state index in [1.54, 1.807) is 11.3 Å². The molecule has 5 heteroatoms. The second-order valence-electron chi connectivity index (χ2n) is 4.38. The minimum absolute atomic E-state index is 0.387. The van der Waals surface area contributed by atoms with Crippen LogP contribution in [0.5, 0.6) is 0 Å². The van der Waals surface area contributed by atoms with Crippen LogP contribution in [0.3, 0.4) is 0 Å². The third kappa shape index (κ3) is 3.17. The smallest absolute Gasteiger partial charge is 0.108 e. The molecule has 2 aromatic heterocycles. The van der Waals surface area contributed by atoms with Crippen LogP contribution in [0.4, 0.5) is 0 Å². The number of thiazole rings is 1. The van der Waals surface area contributed by atoms with Crippen LogP contribution in [0.2, 0.25) is 0 Å². The highest BCUT2D eigenvalue weighted by molar-refractivity contribution is 7.11. The molecule has 0 aliphatic rings. The number of rotatable bonds is 6. The van der Waals surface area contributed by atoms with E-state index in [-0.39, 0.29) is 0 Å². The third-order valence-electron chi connectivity index (χ3n) is 3.01. The van der Waals surface area contributed by atoms with Crippen molar-refractivity contribution in [3.05, 3.63) is 34.3 Å². The molecular formula is C13H20N4S. The van der Waals surface area contributed by atoms with Gasteiger partial charge in [-0.2, -0.15) is 0 Å². The van der Waals surface area contributed by atoms with Crippen LogP contribution in [0, 0.1) is 6.92 Å². The molecule has 18 heavy (non-hydrogen) atoms. The lowest BCUT2D eigenvalue weighted by Crippen LogP contribution is -2.21. The van der Waals surface area contributed by atoms with Gasteiger partial charge in [0.1, 0.15) is 5.82 Å². The maximum atomic E-state index is 4.37. The zero-order valence-corrected chi connectivity index (χ0v) is 12.0. The fraction of sp³-hybridized carbons (Fsp3) is 0.538. The molecule has 1 N–H and O–H groups in total. The lowest BCUT2D eigenvalue weighted by molar-refractivity contribution is 0.512. The third-order valence-corrected chi connectivity index (χ3v) is 4.04. The maximum Gasteiger partial charge on any atom is 0.108 e. The van der Waals surface area contributed by atoms with Gasteiger partial charge in [-0.15, -0.1) is 11.3 Å². The number of aryl methyl sites for hydroxylation is 3. The van der Waals surface area contributed by atoms with Gasteiger partial charge in [-0.1, -0.05) is 6.92 Å². The van der Waals surface area contributed by atoms with Gasteiger partial charge in [0.2, 0.25) is 0 Å². The molecule has 0 fully saturated rings. The monoisotopic (exact) mass is 264 g/mol. The van der Waals surface area contributed by atoms with E-state index in [1.807, 2.05) is 25.6 Å². The summed E-state index contributed by atoms with van der Waals surface area (Å²) in [5.41, 5.74) is 0. The van der Waals surface area contributed by atoms with Crippen LogP contribution in [-0.2, 0) is 13.5 Å². The molecule has 2 heterocycles. The molecule has 0 aliphatic heterocycles. The van der Waals surface area contributed by atoms with Crippen LogP contribution in [0.25, 0.3) is 0 Å². The van der Waals surface area contributed by atoms with Crippen molar-refractivity contribution in [1.82, 2.24) is 19.9 Å². The molecule has 0 amide bonds. The van der Waals surface area contributed by atoms with E-state index >= 15 is 0 Å². The van der Waals surface area contributed by atoms with Crippen molar-refractivity contribution in [2.45, 2.75) is 32.7 Å². The van der Waals surface area contributed by atoms with Crippen molar-refractivity contribution < 1.29 is 0 Å². The summed E-state index contributed by atoms with van der Waals surface area (Å²) in [4.78, 5) is 10.0. The van der Waals surface area contributed by atoms with Crippen LogP contribution < -0.4 is 5.32 Å². The topological polar surface area (TPSA) is 42.7 Å². The van der Waals surface area contributed by atoms with Crippen molar-refractivity contribution in [1.29, 1.82) is 0 Å². The molecule has 1 atom stereocenters. The van der Waals surface area contributed by atoms with Crippen molar-refractivity contribution in [3.63, 3.8) is 0 Å². The number of hydrogen-bond donors (Lipinski definition) is 1. The summed E-state index contributed by atoms with van der Waals surface area (Å²) >= 11 is 1.78. The SMILES string of the molecule is CCNC(CCc1nccn1C)c1cnc(C)s1. The quantitative estimate of drug-likeness (QED) is 0.871. The van der Waals surface area contributed by atoms with Crippen molar-refractivity contribution >= 4 is 11.3 Å². The summed E-state index contributed by atoms with van der Waals surface area (Å²) in [6.07, 6.45) is 7.88. The first-order chi connectivity index (χ1) is 8.70. The number of imidazole rings is 1. The summed E-state index contributed by atoms with van der Waals surface area (Å²) in [5.74, 6) is 1.14. The van der Waals surface area contributed by atoms with Crippen LogP contribution in [0.15, 0.2) is 18.6 Å². The summed E-state index contributed by atoms with van der Waals surface area (Å²) in [7, 11) is 2.04. The molecule has 1 unspecified atom stereocenters. The van der Waals surface area contributed by atoms with Crippen molar-refractivity contribution in [2.24, 2.45) is 7.05 Å². The van der Waals surface area contributed by atoms with E-state index in [0.717, 1.165) is 30.2 Å². The Kier molecular flexibility index (Phi) is 4.49. The summed E-state index contributed by atoms with van der Waals surface area (Å²) < 4.78 is 2.08. The van der Waals surface area contributed by atoms with E-state index in [9.17, 15) is 0 Å². The predicted molar refractivity (Wildman–Crippen MR) is 74.8 cm³/mol. The van der Waals surface area contributed by atoms with E-state index < -0.39 is 0 Å². The Morgan fingerprint density at radius 2 is 2.28 bits per heavy atom. The molecule has 0 aliphatic carbocycles. The summed E-state index contributed by atoms with van der Waals surface area (Å²) in [6.45, 7) is 5.17. The average molecular weight is 264 g/mol. The number of hydrogen-bond acceptors (Lipinski definition) is 4. The standard InChI is InChI=1S/C13H20N4S/c1-4-14-11(12-9-16-10(2)18-12)5-6-13-15-7-8-17(13)3/h7-9,11,14H,4-6H2,1-3H3. The normalized spacial score (nSPS) is 12.8. The highest BCUT2D eigenvalue weighted by Gasteiger charge is 2.14. The molecule has 0 radical (unpaired) electrons. The molecule has 0 bridgehead atoms. The van der Waals surface area contributed by atoms with Gasteiger partial charge in [0.15, 0.2) is 0 Å². The molecule has 0 aromatic carbocycles. The van der Waals surface area contributed by atoms with E-state index in [2.05, 4.69) is 33.7 Å². The molecule has 2 aromatic rings. The second kappa shape index (κ2) is 6.11. The number of nitrogens with zero attached hydrogens (tertiary/aromatic N) is 3. The first-order valence-electron chi connectivity index (χ1n) is 6.32. The number of nitrogens with one attached hydrogen (secondary N) is 1. The molecule has 4 nitrogen and oxygen atoms in total. The van der Waals surface area contributed by atoms with Gasteiger partial charge >= 0.3 is 0 Å². The fourth-order valence-electron chi connectivity index (χ4n) is 2.04. The molecule has 0 saturated heterocycles. The van der Waals surface area contributed by atoms with Gasteiger partial charge in [-0.05, 0) is 19.9 Å². The Labute approximate surface area is 112 Å². The number of aromatic nitrogens is 3. The Balaban J connectivity index is 2.01. The van der Waals surface area contributed by atoms with E-state index in [4.69, 9.17) is 0 Å². The largest absolute Gasteiger partial charge is 0.338 e. The Morgan fingerprint density at radius 1 is 1.44 bits per heavy atom. The average Bonchev–Trinajstić information content (AvgIpc) is 2.94. The lowest BCUT2D eigenvalue weighted by Gasteiger charge is -2.15. The van der Waals surface area contributed by atoms with Gasteiger partial charge in [0, 0.05) is 43.0 Å². The molecular weight excluding hydrogens is 244 g/mol. The fourth-order valence-corrected chi connectivity index (χ4v) is 2.94. The van der Waals surface area contributed by atoms with Gasteiger partial charge < -0.3 is 9.88 Å². The maximum absolute atomic E-state index is 4.37. The zero-order valence-electron chi connectivity index (χ0n) is 11.2. The summed E-state index contributed by atoms with van der Waals surface area (Å²) in [6, 6.07) is 0.387. The first kappa shape index (κ1) is 13.2. The Morgan fingerprint density at radius 3 is 2.83 bits per heavy atom. The highest BCUT2D eigenvalue weighted by atomic mass is 32.1. The van der Waals surface area contributed by atoms with Gasteiger partial charge in [0.05, 0.1) is 5.01 Å². The molecule has 0 spiro atoms. The minimum atomic E-state index is 0.387. The zero-order chi connectivity index (χ0) is 13.0. The van der Waals surface area contributed by atoms with Crippen LogP contribution in [-0.4, -0.2) is 21.1 Å². The highest BCUT2D eigenvalue weighted by Crippen LogP contribution is 2.24. The first-order valence-corrected chi connectivity index (χ1v) is 7.14. The van der Waals surface area contributed by atoms with Crippen molar-refractivity contribution in [3.8, 4) is 0 Å². The molecule has 2 rings (SSSR count). The molecule has 98 valence electrons. The Hall–Kier alpha value is -1.20. The van der Waals surface area contributed by atoms with E-state index in [1.165, 1.54) is 4.88 Å². The second-order valence-corrected chi connectivity index (χ2v) is 5.65. The Bertz CT molecular complexity index is 489. The van der Waals surface area contributed by atoms with Gasteiger partial charge in [0.25, 0.3) is 0 Å². The minimum Gasteiger partial charge on any atom is -0.338 e. The van der Waals surface area contributed by atoms with Gasteiger partial charge in [-0.3, -0.25) is 0 Å². The van der Waals surface area contributed by atoms with Gasteiger partial charge in [-0.25, -0.2) is 9.97 Å². The predicted octanol–water partition coefficient (Wildman–Crippen LogP) is 2.47.